The summed E-state index contributed by atoms with van der Waals surface area (Å²) >= 11 is 0. The number of hydrogen-bond acceptors (Lipinski definition) is 6. The molecule has 0 aliphatic carbocycles. The number of amides is 3. The maximum absolute atomic E-state index is 13.8. The summed E-state index contributed by atoms with van der Waals surface area (Å²) in [5.74, 6) is -1.97. The molecule has 8 nitrogen and oxygen atoms in total. The second kappa shape index (κ2) is 9.38. The summed E-state index contributed by atoms with van der Waals surface area (Å²) in [4.78, 5) is 41.1. The van der Waals surface area contributed by atoms with Crippen molar-refractivity contribution in [2.45, 2.75) is 31.6 Å². The van der Waals surface area contributed by atoms with Gasteiger partial charge in [-0.25, -0.2) is 9.69 Å². The number of esters is 1. The zero-order chi connectivity index (χ0) is 26.1. The highest BCUT2D eigenvalue weighted by molar-refractivity contribution is 6.23. The van der Waals surface area contributed by atoms with Crippen LogP contribution in [-0.2, 0) is 26.0 Å². The van der Waals surface area contributed by atoms with Crippen molar-refractivity contribution < 1.29 is 32.3 Å². The van der Waals surface area contributed by atoms with Crippen LogP contribution < -0.4 is 10.6 Å². The number of nitriles is 1. The van der Waals surface area contributed by atoms with Gasteiger partial charge in [-0.15, -0.1) is 0 Å². The molecule has 2 aromatic rings. The van der Waals surface area contributed by atoms with Crippen LogP contribution in [0.3, 0.4) is 0 Å². The highest BCUT2D eigenvalue weighted by Crippen LogP contribution is 2.41. The lowest BCUT2D eigenvalue weighted by molar-refractivity contribution is -0.151. The summed E-state index contributed by atoms with van der Waals surface area (Å²) in [6.07, 6.45) is -4.89. The van der Waals surface area contributed by atoms with Crippen LogP contribution in [0, 0.1) is 17.2 Å². The number of imide groups is 1. The lowest BCUT2D eigenvalue weighted by atomic mass is 9.89. The maximum atomic E-state index is 13.8. The first-order valence-electron chi connectivity index (χ1n) is 10.6. The van der Waals surface area contributed by atoms with Crippen LogP contribution in [0.4, 0.5) is 23.7 Å². The molecule has 0 bridgehead atoms. The number of rotatable bonds is 6. The molecule has 3 amide bonds. The van der Waals surface area contributed by atoms with Crippen molar-refractivity contribution in [3.63, 3.8) is 0 Å². The third kappa shape index (κ3) is 4.44. The molecular formula is C24H23F3N4O4. The Hall–Kier alpha value is -3.91. The van der Waals surface area contributed by atoms with E-state index in [1.165, 1.54) is 13.1 Å². The van der Waals surface area contributed by atoms with Crippen LogP contribution in [0.15, 0.2) is 48.5 Å². The van der Waals surface area contributed by atoms with Gasteiger partial charge in [0, 0.05) is 7.05 Å². The molecule has 1 saturated heterocycles. The largest absolute Gasteiger partial charge is 0.461 e. The molecule has 0 spiro atoms. The summed E-state index contributed by atoms with van der Waals surface area (Å²) in [7, 11) is 1.29. The number of benzene rings is 2. The van der Waals surface area contributed by atoms with Crippen LogP contribution in [0.5, 0.6) is 0 Å². The van der Waals surface area contributed by atoms with Gasteiger partial charge in [-0.1, -0.05) is 44.2 Å². The van der Waals surface area contributed by atoms with Crippen molar-refractivity contribution in [2.24, 2.45) is 11.7 Å². The van der Waals surface area contributed by atoms with Crippen LogP contribution in [0.25, 0.3) is 0 Å². The first-order valence-corrected chi connectivity index (χ1v) is 10.6. The molecule has 2 atom stereocenters. The molecular weight excluding hydrogens is 465 g/mol. The van der Waals surface area contributed by atoms with E-state index < -0.39 is 53.4 Å². The zero-order valence-corrected chi connectivity index (χ0v) is 19.2. The van der Waals surface area contributed by atoms with Crippen molar-refractivity contribution in [2.75, 3.05) is 18.6 Å². The van der Waals surface area contributed by atoms with E-state index in [0.29, 0.717) is 16.5 Å². The zero-order valence-electron chi connectivity index (χ0n) is 19.2. The van der Waals surface area contributed by atoms with Gasteiger partial charge in [0.2, 0.25) is 0 Å². The number of nitrogens with zero attached hydrogens (tertiary/aromatic N) is 3. The molecule has 1 fully saturated rings. The first-order chi connectivity index (χ1) is 16.4. The SMILES string of the molecule is CC(C)C(N)C(=O)OC[C@@]1(c2ccccc2)C(=O)N(c2ccc(C#N)c(C(F)(F)F)c2)C(=O)N1C. The molecule has 35 heavy (non-hydrogen) atoms. The molecule has 2 aromatic carbocycles. The lowest BCUT2D eigenvalue weighted by Crippen LogP contribution is -2.50. The number of carbonyl (C=O) groups excluding carboxylic acids is 3. The number of halogens is 3. The molecule has 1 aliphatic rings. The van der Waals surface area contributed by atoms with Gasteiger partial charge in [0.25, 0.3) is 5.91 Å². The Morgan fingerprint density at radius 2 is 1.80 bits per heavy atom. The Balaban J connectivity index is 2.11. The molecule has 0 radical (unpaired) electrons. The van der Waals surface area contributed by atoms with Crippen LogP contribution in [0.2, 0.25) is 0 Å². The van der Waals surface area contributed by atoms with E-state index in [4.69, 9.17) is 15.7 Å². The van der Waals surface area contributed by atoms with Gasteiger partial charge in [-0.05, 0) is 29.7 Å². The molecule has 1 unspecified atom stereocenters. The lowest BCUT2D eigenvalue weighted by Gasteiger charge is -2.33. The van der Waals surface area contributed by atoms with Crippen molar-refractivity contribution in [1.82, 2.24) is 4.90 Å². The third-order valence-electron chi connectivity index (χ3n) is 5.96. The average Bonchev–Trinajstić information content (AvgIpc) is 3.02. The predicted molar refractivity (Wildman–Crippen MR) is 119 cm³/mol. The smallest absolute Gasteiger partial charge is 0.417 e. The van der Waals surface area contributed by atoms with Gasteiger partial charge < -0.3 is 15.4 Å². The second-order valence-corrected chi connectivity index (χ2v) is 8.43. The molecule has 184 valence electrons. The predicted octanol–water partition coefficient (Wildman–Crippen LogP) is 3.40. The fourth-order valence-corrected chi connectivity index (χ4v) is 3.78. The molecule has 11 heteroatoms. The highest BCUT2D eigenvalue weighted by atomic mass is 19.4. The van der Waals surface area contributed by atoms with Crippen molar-refractivity contribution in [1.29, 1.82) is 5.26 Å². The topological polar surface area (TPSA) is 117 Å². The first kappa shape index (κ1) is 25.7. The Morgan fingerprint density at radius 1 is 1.17 bits per heavy atom. The fraction of sp³-hybridized carbons (Fsp3) is 0.333. The molecule has 2 N–H and O–H groups in total. The van der Waals surface area contributed by atoms with Gasteiger partial charge >= 0.3 is 18.2 Å². The van der Waals surface area contributed by atoms with E-state index in [2.05, 4.69) is 0 Å². The number of urea groups is 1. The summed E-state index contributed by atoms with van der Waals surface area (Å²) in [6.45, 7) is 2.82. The van der Waals surface area contributed by atoms with Crippen molar-refractivity contribution in [3.05, 3.63) is 65.2 Å². The van der Waals surface area contributed by atoms with Crippen LogP contribution in [0.1, 0.15) is 30.5 Å². The van der Waals surface area contributed by atoms with Gasteiger partial charge in [0.05, 0.1) is 22.9 Å². The molecule has 1 aliphatic heterocycles. The van der Waals surface area contributed by atoms with E-state index in [9.17, 15) is 27.6 Å². The molecule has 0 saturated carbocycles. The number of carbonyl (C=O) groups is 3. The van der Waals surface area contributed by atoms with E-state index in [-0.39, 0.29) is 11.6 Å². The Bertz CT molecular complexity index is 1190. The summed E-state index contributed by atoms with van der Waals surface area (Å²) in [6, 6.07) is 10.1. The van der Waals surface area contributed by atoms with Crippen molar-refractivity contribution in [3.8, 4) is 6.07 Å². The molecule has 3 rings (SSSR count). The molecule has 1 heterocycles. The summed E-state index contributed by atoms with van der Waals surface area (Å²) < 4.78 is 45.9. The number of hydrogen-bond donors (Lipinski definition) is 1. The summed E-state index contributed by atoms with van der Waals surface area (Å²) in [5.41, 5.74) is 1.97. The standard InChI is InChI=1S/C24H23F3N4O4/c1-14(2)19(29)20(32)35-13-23(16-7-5-4-6-8-16)21(33)31(22(34)30(23)3)17-10-9-15(12-28)18(11-17)24(25,26)27/h4-11,14,19H,13,29H2,1-3H3/t19?,23-/m1/s1. The minimum absolute atomic E-state index is 0.259. The van der Waals surface area contributed by atoms with E-state index >= 15 is 0 Å². The van der Waals surface area contributed by atoms with Gasteiger partial charge in [0.1, 0.15) is 12.6 Å². The average molecular weight is 488 g/mol. The summed E-state index contributed by atoms with van der Waals surface area (Å²) in [5, 5.41) is 9.06. The third-order valence-corrected chi connectivity index (χ3v) is 5.96. The number of anilines is 1. The second-order valence-electron chi connectivity index (χ2n) is 8.43. The van der Waals surface area contributed by atoms with Crippen molar-refractivity contribution >= 4 is 23.6 Å². The number of likely N-dealkylation sites (N-methyl/N-ethyl adjacent to an activating group) is 1. The van der Waals surface area contributed by atoms with Crippen LogP contribution >= 0.6 is 0 Å². The number of alkyl halides is 3. The minimum atomic E-state index is -4.89. The van der Waals surface area contributed by atoms with E-state index in [0.717, 1.165) is 17.0 Å². The van der Waals surface area contributed by atoms with Crippen LogP contribution in [-0.4, -0.2) is 42.5 Å². The van der Waals surface area contributed by atoms with E-state index in [1.54, 1.807) is 44.2 Å². The van der Waals surface area contributed by atoms with Gasteiger partial charge in [0.15, 0.2) is 5.54 Å². The highest BCUT2D eigenvalue weighted by Gasteiger charge is 2.58. The monoisotopic (exact) mass is 488 g/mol. The van der Waals surface area contributed by atoms with E-state index in [1.807, 2.05) is 0 Å². The van der Waals surface area contributed by atoms with Gasteiger partial charge in [-0.3, -0.25) is 9.59 Å². The number of nitrogens with two attached hydrogens (primary N) is 1. The van der Waals surface area contributed by atoms with Gasteiger partial charge in [-0.2, -0.15) is 18.4 Å². The normalized spacial score (nSPS) is 19.2. The Kier molecular flexibility index (Phi) is 6.89. The Labute approximate surface area is 199 Å². The molecule has 0 aromatic heterocycles. The quantitative estimate of drug-likeness (QED) is 0.492. The number of ether oxygens (including phenoxy) is 1. The maximum Gasteiger partial charge on any atom is 0.417 e. The minimum Gasteiger partial charge on any atom is -0.461 e. The Morgan fingerprint density at radius 3 is 2.34 bits per heavy atom. The fourth-order valence-electron chi connectivity index (χ4n) is 3.78.